The van der Waals surface area contributed by atoms with Crippen LogP contribution in [0.25, 0.3) is 0 Å². The molecule has 21 heavy (non-hydrogen) atoms. The molecule has 0 aromatic heterocycles. The minimum Gasteiger partial charge on any atom is -0.481 e. The number of likely N-dealkylation sites (N-methyl/N-ethyl adjacent to an activating group) is 1. The Morgan fingerprint density at radius 3 is 2.29 bits per heavy atom. The summed E-state index contributed by atoms with van der Waals surface area (Å²) in [6.07, 6.45) is -0.228. The minimum absolute atomic E-state index is 0.228. The molecule has 0 aromatic rings. The van der Waals surface area contributed by atoms with Crippen molar-refractivity contribution in [1.29, 1.82) is 0 Å². The van der Waals surface area contributed by atoms with Crippen molar-refractivity contribution in [3.63, 3.8) is 0 Å². The summed E-state index contributed by atoms with van der Waals surface area (Å²) in [5.41, 5.74) is -1.19. The Labute approximate surface area is 125 Å². The van der Waals surface area contributed by atoms with E-state index in [-0.39, 0.29) is 12.5 Å². The predicted molar refractivity (Wildman–Crippen MR) is 77.8 cm³/mol. The van der Waals surface area contributed by atoms with Gasteiger partial charge in [-0.2, -0.15) is 0 Å². The smallest absolute Gasteiger partial charge is 0.324 e. The first-order valence-corrected chi connectivity index (χ1v) is 7.03. The molecule has 1 heterocycles. The van der Waals surface area contributed by atoms with Crippen LogP contribution >= 0.6 is 0 Å². The lowest BCUT2D eigenvalue weighted by Gasteiger charge is -2.22. The fourth-order valence-corrected chi connectivity index (χ4v) is 2.51. The van der Waals surface area contributed by atoms with Gasteiger partial charge in [-0.1, -0.05) is 6.92 Å². The van der Waals surface area contributed by atoms with E-state index < -0.39 is 23.3 Å². The molecule has 120 valence electrons. The van der Waals surface area contributed by atoms with Crippen molar-refractivity contribution in [2.75, 3.05) is 27.2 Å². The monoisotopic (exact) mass is 299 g/mol. The topological polar surface area (TPSA) is 90.0 Å². The number of imide groups is 1. The fraction of sp³-hybridized carbons (Fsp3) is 0.786. The van der Waals surface area contributed by atoms with Gasteiger partial charge in [0.15, 0.2) is 0 Å². The summed E-state index contributed by atoms with van der Waals surface area (Å²) in [5.74, 6) is -1.29. The molecule has 2 atom stereocenters. The zero-order chi connectivity index (χ0) is 16.4. The molecule has 7 nitrogen and oxygen atoms in total. The van der Waals surface area contributed by atoms with Gasteiger partial charge in [0.1, 0.15) is 0 Å². The number of aliphatic carboxylic acids is 1. The maximum absolute atomic E-state index is 12.1. The number of rotatable bonds is 4. The van der Waals surface area contributed by atoms with E-state index in [9.17, 15) is 14.4 Å². The largest absolute Gasteiger partial charge is 0.481 e. The van der Waals surface area contributed by atoms with Crippen molar-refractivity contribution in [3.05, 3.63) is 0 Å². The molecule has 1 rings (SSSR count). The average Bonchev–Trinajstić information content (AvgIpc) is 2.70. The Balaban J connectivity index is 2.55. The number of carbonyl (C=O) groups excluding carboxylic acids is 2. The van der Waals surface area contributed by atoms with Crippen LogP contribution in [0.15, 0.2) is 0 Å². The van der Waals surface area contributed by atoms with Crippen LogP contribution in [0.5, 0.6) is 0 Å². The molecule has 0 bridgehead atoms. The van der Waals surface area contributed by atoms with Gasteiger partial charge in [0, 0.05) is 25.6 Å². The van der Waals surface area contributed by atoms with E-state index in [1.54, 1.807) is 4.90 Å². The molecule has 3 amide bonds. The van der Waals surface area contributed by atoms with Gasteiger partial charge in [-0.25, -0.2) is 4.79 Å². The van der Waals surface area contributed by atoms with Crippen molar-refractivity contribution >= 4 is 17.9 Å². The van der Waals surface area contributed by atoms with Gasteiger partial charge in [-0.05, 0) is 33.9 Å². The summed E-state index contributed by atoms with van der Waals surface area (Å²) in [4.78, 5) is 38.5. The number of hydrogen-bond donors (Lipinski definition) is 2. The third-order valence-electron chi connectivity index (χ3n) is 3.95. The summed E-state index contributed by atoms with van der Waals surface area (Å²) >= 11 is 0. The van der Waals surface area contributed by atoms with Crippen LogP contribution in [0, 0.1) is 11.3 Å². The Hall–Kier alpha value is -1.63. The number of carboxylic acids is 1. The molecule has 0 aliphatic carbocycles. The molecule has 1 aliphatic rings. The van der Waals surface area contributed by atoms with Gasteiger partial charge in [-0.15, -0.1) is 0 Å². The van der Waals surface area contributed by atoms with Crippen molar-refractivity contribution in [3.8, 4) is 0 Å². The number of urea groups is 1. The number of nitrogens with one attached hydrogen (secondary N) is 1. The number of hydrogen-bond acceptors (Lipinski definition) is 4. The highest BCUT2D eigenvalue weighted by Gasteiger charge is 2.35. The van der Waals surface area contributed by atoms with E-state index in [4.69, 9.17) is 5.11 Å². The second-order valence-corrected chi connectivity index (χ2v) is 6.63. The first-order chi connectivity index (χ1) is 9.54. The lowest BCUT2D eigenvalue weighted by molar-refractivity contribution is -0.149. The number of carbonyl (C=O) groups is 3. The van der Waals surface area contributed by atoms with Crippen LogP contribution < -0.4 is 5.32 Å². The first-order valence-electron chi connectivity index (χ1n) is 7.03. The minimum atomic E-state index is -1.19. The van der Waals surface area contributed by atoms with Crippen molar-refractivity contribution in [2.45, 2.75) is 33.2 Å². The molecule has 0 radical (unpaired) electrons. The molecule has 1 aliphatic heterocycles. The van der Waals surface area contributed by atoms with Crippen molar-refractivity contribution in [2.24, 2.45) is 11.3 Å². The van der Waals surface area contributed by atoms with E-state index in [1.807, 2.05) is 14.1 Å². The van der Waals surface area contributed by atoms with E-state index >= 15 is 0 Å². The predicted octanol–water partition coefficient (Wildman–Crippen LogP) is 0.605. The Morgan fingerprint density at radius 1 is 1.29 bits per heavy atom. The van der Waals surface area contributed by atoms with Crippen LogP contribution in [0.2, 0.25) is 0 Å². The van der Waals surface area contributed by atoms with Gasteiger partial charge in [0.05, 0.1) is 5.41 Å². The normalized spacial score (nSPS) is 22.5. The molecule has 0 aromatic carbocycles. The fourth-order valence-electron chi connectivity index (χ4n) is 2.51. The number of carboxylic acid groups (broad SMARTS) is 1. The highest BCUT2D eigenvalue weighted by atomic mass is 16.4. The van der Waals surface area contributed by atoms with E-state index in [2.05, 4.69) is 17.1 Å². The van der Waals surface area contributed by atoms with Crippen LogP contribution in [-0.2, 0) is 9.59 Å². The summed E-state index contributed by atoms with van der Waals surface area (Å²) in [7, 11) is 3.92. The molecule has 7 heteroatoms. The number of likely N-dealkylation sites (tertiary alicyclic amines) is 1. The second kappa shape index (κ2) is 6.43. The molecule has 1 saturated heterocycles. The molecule has 1 fully saturated rings. The maximum atomic E-state index is 12.1. The quantitative estimate of drug-likeness (QED) is 0.793. The van der Waals surface area contributed by atoms with Crippen LogP contribution in [0.1, 0.15) is 27.2 Å². The summed E-state index contributed by atoms with van der Waals surface area (Å²) in [5, 5.41) is 11.3. The van der Waals surface area contributed by atoms with Gasteiger partial charge in [0.25, 0.3) is 0 Å². The standard InChI is InChI=1S/C14H25N3O4/c1-9-7-17(8-10(9)16(4)5)13(21)15-11(18)6-14(2,3)12(19)20/h9-10H,6-8H2,1-5H3,(H,19,20)(H,15,18,21). The van der Waals surface area contributed by atoms with Crippen molar-refractivity contribution in [1.82, 2.24) is 15.1 Å². The summed E-state index contributed by atoms with van der Waals surface area (Å²) in [6.45, 7) is 6.13. The third-order valence-corrected chi connectivity index (χ3v) is 3.95. The van der Waals surface area contributed by atoms with Crippen LogP contribution in [-0.4, -0.2) is 66.0 Å². The highest BCUT2D eigenvalue weighted by molar-refractivity contribution is 5.96. The Morgan fingerprint density at radius 2 is 1.86 bits per heavy atom. The second-order valence-electron chi connectivity index (χ2n) is 6.63. The molecule has 0 spiro atoms. The number of nitrogens with zero attached hydrogens (tertiary/aromatic N) is 2. The summed E-state index contributed by atoms with van der Waals surface area (Å²) < 4.78 is 0. The van der Waals surface area contributed by atoms with Gasteiger partial charge < -0.3 is 14.9 Å². The first kappa shape index (κ1) is 17.4. The maximum Gasteiger partial charge on any atom is 0.324 e. The Kier molecular flexibility index (Phi) is 5.33. The molecule has 2 unspecified atom stereocenters. The SMILES string of the molecule is CC1CN(C(=O)NC(=O)CC(C)(C)C(=O)O)CC1N(C)C. The third kappa shape index (κ3) is 4.42. The average molecular weight is 299 g/mol. The van der Waals surface area contributed by atoms with E-state index in [1.165, 1.54) is 13.8 Å². The van der Waals surface area contributed by atoms with Gasteiger partial charge in [0.2, 0.25) is 5.91 Å². The highest BCUT2D eigenvalue weighted by Crippen LogP contribution is 2.21. The van der Waals surface area contributed by atoms with E-state index in [0.29, 0.717) is 19.0 Å². The summed E-state index contributed by atoms with van der Waals surface area (Å²) in [6, 6.07) is -0.182. The lowest BCUT2D eigenvalue weighted by Crippen LogP contribution is -2.44. The molecule has 2 N–H and O–H groups in total. The van der Waals surface area contributed by atoms with Crippen LogP contribution in [0.4, 0.5) is 4.79 Å². The lowest BCUT2D eigenvalue weighted by atomic mass is 9.89. The van der Waals surface area contributed by atoms with Crippen LogP contribution in [0.3, 0.4) is 0 Å². The zero-order valence-corrected chi connectivity index (χ0v) is 13.3. The molecular weight excluding hydrogens is 274 g/mol. The Bertz CT molecular complexity index is 434. The molecular formula is C14H25N3O4. The van der Waals surface area contributed by atoms with Crippen molar-refractivity contribution < 1.29 is 19.5 Å². The van der Waals surface area contributed by atoms with Gasteiger partial charge >= 0.3 is 12.0 Å². The molecule has 0 saturated carbocycles. The van der Waals surface area contributed by atoms with Gasteiger partial charge in [-0.3, -0.25) is 14.9 Å². The van der Waals surface area contributed by atoms with E-state index in [0.717, 1.165) is 0 Å². The zero-order valence-electron chi connectivity index (χ0n) is 13.3. The number of amides is 3.